The molecule has 0 amide bonds. The van der Waals surface area contributed by atoms with E-state index in [9.17, 15) is 0 Å². The van der Waals surface area contributed by atoms with Crippen molar-refractivity contribution in [3.8, 4) is 22.3 Å². The predicted molar refractivity (Wildman–Crippen MR) is 218 cm³/mol. The highest BCUT2D eigenvalue weighted by atomic mass is 16.3. The first-order valence-corrected chi connectivity index (χ1v) is 17.7. The van der Waals surface area contributed by atoms with Crippen LogP contribution < -0.4 is 0 Å². The fourth-order valence-corrected chi connectivity index (χ4v) is 9.04. The van der Waals surface area contributed by atoms with Gasteiger partial charge in [0.2, 0.25) is 0 Å². The average Bonchev–Trinajstić information content (AvgIpc) is 3.58. The Morgan fingerprint density at radius 1 is 0.275 bits per heavy atom. The molecule has 0 spiro atoms. The molecule has 11 aromatic carbocycles. The average molecular weight is 645 g/mol. The van der Waals surface area contributed by atoms with Gasteiger partial charge in [0.05, 0.1) is 0 Å². The Kier molecular flexibility index (Phi) is 5.29. The second-order valence-corrected chi connectivity index (χ2v) is 14.0. The van der Waals surface area contributed by atoms with Crippen LogP contribution in [-0.2, 0) is 0 Å². The summed E-state index contributed by atoms with van der Waals surface area (Å²) >= 11 is 0. The third-order valence-electron chi connectivity index (χ3n) is 11.3. The molecule has 0 fully saturated rings. The highest BCUT2D eigenvalue weighted by Crippen LogP contribution is 2.48. The number of fused-ring (bicyclic) bond motifs is 9. The van der Waals surface area contributed by atoms with E-state index in [1.807, 2.05) is 0 Å². The van der Waals surface area contributed by atoms with E-state index < -0.39 is 0 Å². The molecule has 1 heteroatoms. The molecule has 0 aliphatic heterocycles. The van der Waals surface area contributed by atoms with E-state index in [0.29, 0.717) is 0 Å². The molecule has 0 saturated carbocycles. The van der Waals surface area contributed by atoms with Gasteiger partial charge in [0.25, 0.3) is 0 Å². The van der Waals surface area contributed by atoms with Gasteiger partial charge in [-0.2, -0.15) is 0 Å². The van der Waals surface area contributed by atoms with Crippen LogP contribution in [0.2, 0.25) is 0 Å². The van der Waals surface area contributed by atoms with Crippen molar-refractivity contribution in [1.82, 2.24) is 0 Å². The smallest absolute Gasteiger partial charge is 0.143 e. The summed E-state index contributed by atoms with van der Waals surface area (Å²) in [5.41, 5.74) is 6.61. The Hall–Kier alpha value is -6.70. The number of hydrogen-bond donors (Lipinski definition) is 0. The van der Waals surface area contributed by atoms with Crippen molar-refractivity contribution in [3.63, 3.8) is 0 Å². The van der Waals surface area contributed by atoms with Crippen LogP contribution in [0.25, 0.3) is 120 Å². The van der Waals surface area contributed by atoms with Gasteiger partial charge in [0.15, 0.2) is 0 Å². The highest BCUT2D eigenvalue weighted by molar-refractivity contribution is 6.28. The molecular formula is C50H28O. The minimum Gasteiger partial charge on any atom is -0.455 e. The fraction of sp³-hybridized carbons (Fsp3) is 0. The van der Waals surface area contributed by atoms with Gasteiger partial charge in [-0.25, -0.2) is 0 Å². The molecule has 0 aliphatic carbocycles. The Balaban J connectivity index is 1.28. The van der Waals surface area contributed by atoms with Crippen LogP contribution in [0.1, 0.15) is 0 Å². The second kappa shape index (κ2) is 9.94. The monoisotopic (exact) mass is 644 g/mol. The zero-order valence-electron chi connectivity index (χ0n) is 27.6. The van der Waals surface area contributed by atoms with Crippen molar-refractivity contribution in [2.24, 2.45) is 0 Å². The lowest BCUT2D eigenvalue weighted by Crippen LogP contribution is -1.90. The molecule has 12 aromatic rings. The summed E-state index contributed by atoms with van der Waals surface area (Å²) in [6, 6.07) is 62.7. The molecule has 1 aromatic heterocycles. The molecule has 0 aliphatic rings. The first-order valence-electron chi connectivity index (χ1n) is 17.7. The number of rotatable bonds is 2. The van der Waals surface area contributed by atoms with Crippen LogP contribution in [0.4, 0.5) is 0 Å². The van der Waals surface area contributed by atoms with Crippen molar-refractivity contribution < 1.29 is 4.42 Å². The molecule has 0 atom stereocenters. The molecule has 12 rings (SSSR count). The van der Waals surface area contributed by atoms with Gasteiger partial charge in [-0.3, -0.25) is 0 Å². The van der Waals surface area contributed by atoms with Gasteiger partial charge < -0.3 is 4.42 Å². The third kappa shape index (κ3) is 3.70. The van der Waals surface area contributed by atoms with Crippen molar-refractivity contribution in [2.45, 2.75) is 0 Å². The van der Waals surface area contributed by atoms with Crippen molar-refractivity contribution >= 4 is 97.3 Å². The van der Waals surface area contributed by atoms with Crippen LogP contribution in [0.5, 0.6) is 0 Å². The van der Waals surface area contributed by atoms with Crippen LogP contribution in [-0.4, -0.2) is 0 Å². The van der Waals surface area contributed by atoms with Crippen molar-refractivity contribution in [3.05, 3.63) is 170 Å². The Morgan fingerprint density at radius 3 is 1.69 bits per heavy atom. The maximum Gasteiger partial charge on any atom is 0.143 e. The maximum atomic E-state index is 7.11. The van der Waals surface area contributed by atoms with E-state index in [2.05, 4.69) is 170 Å². The second-order valence-electron chi connectivity index (χ2n) is 14.0. The summed E-state index contributed by atoms with van der Waals surface area (Å²) in [6.45, 7) is 0. The molecular weight excluding hydrogens is 617 g/mol. The van der Waals surface area contributed by atoms with Gasteiger partial charge in [0, 0.05) is 27.3 Å². The normalized spacial score (nSPS) is 12.3. The topological polar surface area (TPSA) is 13.1 Å². The largest absolute Gasteiger partial charge is 0.455 e. The summed E-state index contributed by atoms with van der Waals surface area (Å²) in [7, 11) is 0. The van der Waals surface area contributed by atoms with Gasteiger partial charge in [0.1, 0.15) is 11.2 Å². The Morgan fingerprint density at radius 2 is 0.863 bits per heavy atom. The van der Waals surface area contributed by atoms with Gasteiger partial charge >= 0.3 is 0 Å². The minimum absolute atomic E-state index is 0.925. The first-order chi connectivity index (χ1) is 25.3. The van der Waals surface area contributed by atoms with Crippen LogP contribution in [0, 0.1) is 0 Å². The van der Waals surface area contributed by atoms with Gasteiger partial charge in [-0.05, 0) is 105 Å². The van der Waals surface area contributed by atoms with Crippen molar-refractivity contribution in [1.29, 1.82) is 0 Å². The lowest BCUT2D eigenvalue weighted by molar-refractivity contribution is 0.674. The SMILES string of the molecule is c1ccc2c(-c3cc(-c4ccc5ccc6cccc7ccc4c5c67)cc4c3oc3c5ccccc5ccc43)c3ccc4ccccc4c3cc2c1. The molecule has 1 nitrogen and oxygen atoms in total. The summed E-state index contributed by atoms with van der Waals surface area (Å²) in [5.74, 6) is 0. The molecule has 234 valence electrons. The number of hydrogen-bond acceptors (Lipinski definition) is 1. The molecule has 0 saturated heterocycles. The predicted octanol–water partition coefficient (Wildman–Crippen LogP) is 14.4. The molecule has 0 N–H and O–H groups in total. The number of benzene rings is 11. The molecule has 0 unspecified atom stereocenters. The molecule has 0 radical (unpaired) electrons. The van der Waals surface area contributed by atoms with E-state index in [1.165, 1.54) is 86.7 Å². The van der Waals surface area contributed by atoms with E-state index in [4.69, 9.17) is 4.42 Å². The zero-order chi connectivity index (χ0) is 33.2. The molecule has 51 heavy (non-hydrogen) atoms. The summed E-state index contributed by atoms with van der Waals surface area (Å²) in [4.78, 5) is 0. The fourth-order valence-electron chi connectivity index (χ4n) is 9.04. The summed E-state index contributed by atoms with van der Waals surface area (Å²) < 4.78 is 7.11. The van der Waals surface area contributed by atoms with Crippen LogP contribution in [0.3, 0.4) is 0 Å². The van der Waals surface area contributed by atoms with Crippen molar-refractivity contribution in [2.75, 3.05) is 0 Å². The third-order valence-corrected chi connectivity index (χ3v) is 11.3. The minimum atomic E-state index is 0.925. The summed E-state index contributed by atoms with van der Waals surface area (Å²) in [6.07, 6.45) is 0. The maximum absolute atomic E-state index is 7.11. The first kappa shape index (κ1) is 27.2. The van der Waals surface area contributed by atoms with E-state index >= 15 is 0 Å². The van der Waals surface area contributed by atoms with Gasteiger partial charge in [-0.15, -0.1) is 0 Å². The quantitative estimate of drug-likeness (QED) is 0.135. The van der Waals surface area contributed by atoms with Gasteiger partial charge in [-0.1, -0.05) is 146 Å². The van der Waals surface area contributed by atoms with Crippen LogP contribution >= 0.6 is 0 Å². The summed E-state index contributed by atoms with van der Waals surface area (Å²) in [5, 5.41) is 19.8. The molecule has 0 bridgehead atoms. The Bertz CT molecular complexity index is 3400. The number of furan rings is 1. The van der Waals surface area contributed by atoms with E-state index in [1.54, 1.807) is 0 Å². The van der Waals surface area contributed by atoms with E-state index in [-0.39, 0.29) is 0 Å². The van der Waals surface area contributed by atoms with E-state index in [0.717, 1.165) is 32.9 Å². The van der Waals surface area contributed by atoms with Crippen LogP contribution in [0.15, 0.2) is 174 Å². The standard InChI is InChI=1S/C50H28O/c1-4-13-36-29(8-1)18-23-41-43(36)26-34-10-3-5-14-38(34)48(41)45-28-35(27-44-42-25-19-30-9-2-6-15-39(30)49(42)51-50(44)45)37-22-20-33-17-16-31-11-7-12-32-21-24-40(37)47(33)46(31)32/h1-28H. The lowest BCUT2D eigenvalue weighted by atomic mass is 9.86. The molecule has 1 heterocycles. The highest BCUT2D eigenvalue weighted by Gasteiger charge is 2.22. The zero-order valence-corrected chi connectivity index (χ0v) is 27.6. The lowest BCUT2D eigenvalue weighted by Gasteiger charge is -2.17. The Labute approximate surface area is 292 Å².